The third-order valence-corrected chi connectivity index (χ3v) is 6.98. The van der Waals surface area contributed by atoms with Crippen LogP contribution >= 0.6 is 22.9 Å². The van der Waals surface area contributed by atoms with Gasteiger partial charge < -0.3 is 9.64 Å². The van der Waals surface area contributed by atoms with Crippen LogP contribution in [0.4, 0.5) is 0 Å². The van der Waals surface area contributed by atoms with Crippen LogP contribution in [0.15, 0.2) is 53.9 Å². The predicted octanol–water partition coefficient (Wildman–Crippen LogP) is 4.68. The molecular formula is C26H27ClN4O4S. The fourth-order valence-electron chi connectivity index (χ4n) is 3.92. The molecular weight excluding hydrogens is 500 g/mol. The summed E-state index contributed by atoms with van der Waals surface area (Å²) in [6, 6.07) is 13.7. The molecule has 0 spiro atoms. The molecule has 3 amide bonds. The van der Waals surface area contributed by atoms with E-state index in [1.54, 1.807) is 35.7 Å². The van der Waals surface area contributed by atoms with Gasteiger partial charge in [-0.15, -0.1) is 11.3 Å². The van der Waals surface area contributed by atoms with Crippen molar-refractivity contribution < 1.29 is 19.1 Å². The van der Waals surface area contributed by atoms with Crippen molar-refractivity contribution in [3.8, 4) is 5.75 Å². The number of nitrogens with zero attached hydrogens (tertiary/aromatic N) is 2. The lowest BCUT2D eigenvalue weighted by atomic mass is 9.97. The zero-order chi connectivity index (χ0) is 25.7. The first-order valence-electron chi connectivity index (χ1n) is 11.7. The summed E-state index contributed by atoms with van der Waals surface area (Å²) in [5, 5.41) is 2.96. The van der Waals surface area contributed by atoms with Crippen LogP contribution in [0, 0.1) is 0 Å². The number of thiazole rings is 1. The quantitative estimate of drug-likeness (QED) is 0.454. The topological polar surface area (TPSA) is 101 Å². The number of carbonyl (C=O) groups excluding carboxylic acids is 3. The lowest BCUT2D eigenvalue weighted by molar-refractivity contribution is 0.0712. The van der Waals surface area contributed by atoms with Gasteiger partial charge in [0, 0.05) is 40.5 Å². The molecule has 1 aliphatic heterocycles. The largest absolute Gasteiger partial charge is 0.491 e. The van der Waals surface area contributed by atoms with Gasteiger partial charge in [0.25, 0.3) is 17.7 Å². The summed E-state index contributed by atoms with van der Waals surface area (Å²) in [7, 11) is 0. The number of rotatable bonds is 6. The molecule has 0 aliphatic carbocycles. The summed E-state index contributed by atoms with van der Waals surface area (Å²) in [6.45, 7) is 5.15. The van der Waals surface area contributed by atoms with E-state index in [0.29, 0.717) is 29.2 Å². The fourth-order valence-corrected chi connectivity index (χ4v) is 5.08. The molecule has 0 saturated carbocycles. The highest BCUT2D eigenvalue weighted by Gasteiger charge is 2.27. The fraction of sp³-hybridized carbons (Fsp3) is 0.308. The van der Waals surface area contributed by atoms with Crippen molar-refractivity contribution >= 4 is 40.7 Å². The van der Waals surface area contributed by atoms with Gasteiger partial charge in [-0.1, -0.05) is 17.7 Å². The van der Waals surface area contributed by atoms with E-state index in [1.165, 1.54) is 17.4 Å². The van der Waals surface area contributed by atoms with E-state index in [-0.39, 0.29) is 23.6 Å². The third-order valence-electron chi connectivity index (χ3n) is 5.74. The van der Waals surface area contributed by atoms with E-state index in [9.17, 15) is 14.4 Å². The van der Waals surface area contributed by atoms with Crippen LogP contribution in [0.1, 0.15) is 68.8 Å². The second kappa shape index (κ2) is 11.5. The number of hydrogen-bond donors (Lipinski definition) is 2. The Hall–Kier alpha value is -3.43. The molecule has 0 radical (unpaired) electrons. The summed E-state index contributed by atoms with van der Waals surface area (Å²) in [5.74, 6) is -0.0543. The van der Waals surface area contributed by atoms with Crippen LogP contribution in [0.3, 0.4) is 0 Å². The van der Waals surface area contributed by atoms with Crippen molar-refractivity contribution in [2.45, 2.75) is 38.7 Å². The molecule has 1 saturated heterocycles. The maximum Gasteiger partial charge on any atom is 0.289 e. The van der Waals surface area contributed by atoms with Crippen LogP contribution < -0.4 is 15.6 Å². The first-order chi connectivity index (χ1) is 17.3. The molecule has 2 N–H and O–H groups in total. The van der Waals surface area contributed by atoms with E-state index >= 15 is 0 Å². The molecule has 8 nitrogen and oxygen atoms in total. The highest BCUT2D eigenvalue weighted by atomic mass is 35.5. The van der Waals surface area contributed by atoms with Gasteiger partial charge in [-0.05, 0) is 69.2 Å². The number of piperidine rings is 1. The van der Waals surface area contributed by atoms with Crippen molar-refractivity contribution in [1.29, 1.82) is 0 Å². The highest BCUT2D eigenvalue weighted by Crippen LogP contribution is 2.31. The van der Waals surface area contributed by atoms with Crippen molar-refractivity contribution in [3.05, 3.63) is 80.8 Å². The highest BCUT2D eigenvalue weighted by molar-refractivity contribution is 7.09. The van der Waals surface area contributed by atoms with Gasteiger partial charge in [0.05, 0.1) is 11.1 Å². The van der Waals surface area contributed by atoms with Crippen LogP contribution in [-0.4, -0.2) is 46.8 Å². The van der Waals surface area contributed by atoms with Gasteiger partial charge in [0.1, 0.15) is 11.4 Å². The summed E-state index contributed by atoms with van der Waals surface area (Å²) in [4.78, 5) is 43.9. The maximum atomic E-state index is 12.9. The number of hydrogen-bond acceptors (Lipinski definition) is 6. The van der Waals surface area contributed by atoms with E-state index < -0.39 is 11.8 Å². The number of hydrazine groups is 1. The number of halogens is 1. The van der Waals surface area contributed by atoms with Gasteiger partial charge >= 0.3 is 0 Å². The first-order valence-corrected chi connectivity index (χ1v) is 12.9. The summed E-state index contributed by atoms with van der Waals surface area (Å²) in [5.41, 5.74) is 5.98. The van der Waals surface area contributed by atoms with E-state index in [0.717, 1.165) is 23.6 Å². The van der Waals surface area contributed by atoms with Crippen LogP contribution in [0.5, 0.6) is 5.75 Å². The minimum Gasteiger partial charge on any atom is -0.491 e. The second-order valence-corrected chi connectivity index (χ2v) is 10.1. The van der Waals surface area contributed by atoms with Crippen LogP contribution in [0.25, 0.3) is 0 Å². The van der Waals surface area contributed by atoms with Gasteiger partial charge in [-0.2, -0.15) is 0 Å². The Bertz CT molecular complexity index is 1240. The summed E-state index contributed by atoms with van der Waals surface area (Å²) in [6.07, 6.45) is 1.61. The molecule has 0 unspecified atom stereocenters. The number of amides is 3. The summed E-state index contributed by atoms with van der Waals surface area (Å²) < 4.78 is 5.64. The van der Waals surface area contributed by atoms with Crippen molar-refractivity contribution in [1.82, 2.24) is 20.7 Å². The standard InChI is InChI=1S/C26H27ClN4O4S/c1-16(2)35-21-8-6-18(7-9-21)26(34)31-12-10-17(11-13-31)25-28-22(15-36-25)24(33)30-29-23(32)19-4-3-5-20(27)14-19/h3-9,14-17H,10-13H2,1-2H3,(H,29,32)(H,30,33). The minimum atomic E-state index is -0.495. The summed E-state index contributed by atoms with van der Waals surface area (Å²) >= 11 is 7.31. The Morgan fingerprint density at radius 3 is 2.39 bits per heavy atom. The molecule has 3 aromatic rings. The average Bonchev–Trinajstić information content (AvgIpc) is 3.37. The number of carbonyl (C=O) groups is 3. The Labute approximate surface area is 218 Å². The van der Waals surface area contributed by atoms with E-state index in [1.807, 2.05) is 30.9 Å². The van der Waals surface area contributed by atoms with Crippen molar-refractivity contribution in [3.63, 3.8) is 0 Å². The Kier molecular flexibility index (Phi) is 8.22. The van der Waals surface area contributed by atoms with Gasteiger partial charge in [-0.25, -0.2) is 4.98 Å². The number of ether oxygens (including phenoxy) is 1. The lowest BCUT2D eigenvalue weighted by Gasteiger charge is -2.31. The molecule has 1 aliphatic rings. The van der Waals surface area contributed by atoms with Gasteiger partial charge in [0.15, 0.2) is 0 Å². The smallest absolute Gasteiger partial charge is 0.289 e. The third kappa shape index (κ3) is 6.41. The number of benzene rings is 2. The number of aromatic nitrogens is 1. The average molecular weight is 527 g/mol. The molecule has 1 aromatic heterocycles. The molecule has 0 atom stereocenters. The van der Waals surface area contributed by atoms with Gasteiger partial charge in [0.2, 0.25) is 0 Å². The van der Waals surface area contributed by atoms with Crippen LogP contribution in [-0.2, 0) is 0 Å². The minimum absolute atomic E-state index is 0.000743. The van der Waals surface area contributed by atoms with Crippen LogP contribution in [0.2, 0.25) is 5.02 Å². The molecule has 36 heavy (non-hydrogen) atoms. The number of nitrogens with one attached hydrogen (secondary N) is 2. The Morgan fingerprint density at radius 1 is 1.03 bits per heavy atom. The molecule has 2 heterocycles. The second-order valence-electron chi connectivity index (χ2n) is 8.75. The Balaban J connectivity index is 1.27. The molecule has 188 valence electrons. The van der Waals surface area contributed by atoms with E-state index in [2.05, 4.69) is 15.8 Å². The zero-order valence-electron chi connectivity index (χ0n) is 20.0. The monoisotopic (exact) mass is 526 g/mol. The van der Waals surface area contributed by atoms with Gasteiger partial charge in [-0.3, -0.25) is 25.2 Å². The SMILES string of the molecule is CC(C)Oc1ccc(C(=O)N2CCC(c3nc(C(=O)NNC(=O)c4cccc(Cl)c4)cs3)CC2)cc1. The van der Waals surface area contributed by atoms with Crippen molar-refractivity contribution in [2.75, 3.05) is 13.1 Å². The van der Waals surface area contributed by atoms with Crippen molar-refractivity contribution in [2.24, 2.45) is 0 Å². The maximum absolute atomic E-state index is 12.9. The molecule has 10 heteroatoms. The van der Waals surface area contributed by atoms with E-state index in [4.69, 9.17) is 16.3 Å². The lowest BCUT2D eigenvalue weighted by Crippen LogP contribution is -2.41. The molecule has 4 rings (SSSR count). The first kappa shape index (κ1) is 25.7. The molecule has 0 bridgehead atoms. The zero-order valence-corrected chi connectivity index (χ0v) is 21.6. The predicted molar refractivity (Wildman–Crippen MR) is 139 cm³/mol. The normalized spacial score (nSPS) is 13.9. The number of likely N-dealkylation sites (tertiary alicyclic amines) is 1. The molecule has 1 fully saturated rings. The molecule has 2 aromatic carbocycles. The Morgan fingerprint density at radius 2 is 1.72 bits per heavy atom.